The summed E-state index contributed by atoms with van der Waals surface area (Å²) in [4.78, 5) is 10.2. The van der Waals surface area contributed by atoms with Gasteiger partial charge in [-0.2, -0.15) is 0 Å². The maximum absolute atomic E-state index is 6.56. The second-order valence-corrected chi connectivity index (χ2v) is 9.37. The lowest BCUT2D eigenvalue weighted by Gasteiger charge is -2.24. The molecule has 0 spiro atoms. The first-order valence-electron chi connectivity index (χ1n) is 11.4. The minimum Gasteiger partial charge on any atom is -0.376 e. The van der Waals surface area contributed by atoms with E-state index in [1.165, 1.54) is 11.1 Å². The Balaban J connectivity index is 1.57. The molecule has 1 saturated carbocycles. The lowest BCUT2D eigenvalue weighted by molar-refractivity contribution is 0.0573. The van der Waals surface area contributed by atoms with Gasteiger partial charge >= 0.3 is 0 Å². The molecule has 2 atom stereocenters. The summed E-state index contributed by atoms with van der Waals surface area (Å²) in [6, 6.07) is 14.2. The zero-order chi connectivity index (χ0) is 22.2. The fourth-order valence-electron chi connectivity index (χ4n) is 4.61. The molecule has 4 nitrogen and oxygen atoms in total. The summed E-state index contributed by atoms with van der Waals surface area (Å²) in [5, 5.41) is 4.95. The van der Waals surface area contributed by atoms with Crippen molar-refractivity contribution in [2.24, 2.45) is 0 Å². The van der Waals surface area contributed by atoms with Crippen LogP contribution in [0.25, 0.3) is 11.3 Å². The molecule has 0 aliphatic heterocycles. The zero-order valence-corrected chi connectivity index (χ0v) is 19.9. The molecule has 0 unspecified atom stereocenters. The third-order valence-electron chi connectivity index (χ3n) is 6.34. The summed E-state index contributed by atoms with van der Waals surface area (Å²) >= 11 is 12.7. The summed E-state index contributed by atoms with van der Waals surface area (Å²) in [5.41, 5.74) is 6.35. The van der Waals surface area contributed by atoms with Crippen LogP contribution in [0.5, 0.6) is 0 Å². The van der Waals surface area contributed by atoms with Crippen LogP contribution in [0.15, 0.2) is 42.5 Å². The molecule has 1 fully saturated rings. The molecule has 0 saturated heterocycles. The van der Waals surface area contributed by atoms with Gasteiger partial charge in [-0.15, -0.1) is 0 Å². The molecule has 0 amide bonds. The standard InChI is InChI=1S/C26H27Cl2N3O/c1-3-21-26(31-24-18-8-6-5-7-16(18)13-22(24)32-4-2)30-23(15-9-10-15)25(29-21)19-12-11-17(27)14-20(19)28/h5-8,11-12,14-15,22,24H,3-4,9-10,13H2,1-2H3,(H,30,31)/t22-,24+/m0/s1. The van der Waals surface area contributed by atoms with E-state index in [4.69, 9.17) is 37.9 Å². The number of fused-ring (bicyclic) bond motifs is 1. The molecule has 2 aliphatic rings. The van der Waals surface area contributed by atoms with Crippen LogP contribution in [0.1, 0.15) is 61.2 Å². The molecule has 1 heterocycles. The molecule has 1 N–H and O–H groups in total. The fraction of sp³-hybridized carbons (Fsp3) is 0.385. The van der Waals surface area contributed by atoms with Gasteiger partial charge in [0.05, 0.1) is 34.3 Å². The highest BCUT2D eigenvalue weighted by molar-refractivity contribution is 6.36. The van der Waals surface area contributed by atoms with Gasteiger partial charge in [-0.1, -0.05) is 54.4 Å². The predicted molar refractivity (Wildman–Crippen MR) is 131 cm³/mol. The van der Waals surface area contributed by atoms with Crippen LogP contribution >= 0.6 is 23.2 Å². The van der Waals surface area contributed by atoms with E-state index in [-0.39, 0.29) is 12.1 Å². The van der Waals surface area contributed by atoms with Crippen molar-refractivity contribution in [3.63, 3.8) is 0 Å². The van der Waals surface area contributed by atoms with E-state index in [1.54, 1.807) is 6.07 Å². The number of nitrogens with one attached hydrogen (secondary N) is 1. The van der Waals surface area contributed by atoms with Crippen molar-refractivity contribution in [3.8, 4) is 11.3 Å². The Labute approximate surface area is 199 Å². The molecule has 166 valence electrons. The maximum atomic E-state index is 6.56. The number of ether oxygens (including phenoxy) is 1. The Kier molecular flexibility index (Phi) is 6.11. The van der Waals surface area contributed by atoms with Crippen LogP contribution in [-0.4, -0.2) is 22.7 Å². The van der Waals surface area contributed by atoms with E-state index in [0.717, 1.165) is 54.1 Å². The fourth-order valence-corrected chi connectivity index (χ4v) is 5.11. The number of nitrogens with zero attached hydrogens (tertiary/aromatic N) is 2. The van der Waals surface area contributed by atoms with Crippen molar-refractivity contribution < 1.29 is 4.74 Å². The Morgan fingerprint density at radius 2 is 1.88 bits per heavy atom. The number of benzene rings is 2. The lowest BCUT2D eigenvalue weighted by Crippen LogP contribution is -2.26. The van der Waals surface area contributed by atoms with Crippen LogP contribution in [-0.2, 0) is 17.6 Å². The van der Waals surface area contributed by atoms with Crippen molar-refractivity contribution in [1.82, 2.24) is 9.97 Å². The highest BCUT2D eigenvalue weighted by atomic mass is 35.5. The minimum absolute atomic E-state index is 0.0581. The quantitative estimate of drug-likeness (QED) is 0.405. The van der Waals surface area contributed by atoms with Gasteiger partial charge in [0.15, 0.2) is 0 Å². The number of hydrogen-bond donors (Lipinski definition) is 1. The number of aromatic nitrogens is 2. The van der Waals surface area contributed by atoms with Crippen LogP contribution in [0, 0.1) is 0 Å². The van der Waals surface area contributed by atoms with Gasteiger partial charge in [-0.3, -0.25) is 0 Å². The summed E-state index contributed by atoms with van der Waals surface area (Å²) in [6.07, 6.45) is 4.02. The maximum Gasteiger partial charge on any atom is 0.148 e. The van der Waals surface area contributed by atoms with Crippen molar-refractivity contribution in [2.45, 2.75) is 57.6 Å². The van der Waals surface area contributed by atoms with Crippen molar-refractivity contribution in [3.05, 3.63) is 75.0 Å². The van der Waals surface area contributed by atoms with Crippen molar-refractivity contribution in [1.29, 1.82) is 0 Å². The Morgan fingerprint density at radius 3 is 2.59 bits per heavy atom. The SMILES string of the molecule is CCO[C@H]1Cc2ccccc2[C@H]1Nc1nc(C2CC2)c(-c2ccc(Cl)cc2Cl)nc1CC. The van der Waals surface area contributed by atoms with Crippen LogP contribution in [0.2, 0.25) is 10.0 Å². The van der Waals surface area contributed by atoms with E-state index in [9.17, 15) is 0 Å². The summed E-state index contributed by atoms with van der Waals surface area (Å²) in [5.74, 6) is 1.28. The molecule has 3 aromatic rings. The molecule has 5 rings (SSSR count). The normalized spacial score (nSPS) is 19.8. The van der Waals surface area contributed by atoms with Crippen LogP contribution < -0.4 is 5.32 Å². The monoisotopic (exact) mass is 467 g/mol. The molecule has 2 aromatic carbocycles. The number of rotatable bonds is 7. The van der Waals surface area contributed by atoms with Gasteiger partial charge in [-0.05, 0) is 55.5 Å². The van der Waals surface area contributed by atoms with Gasteiger partial charge in [0, 0.05) is 29.5 Å². The molecule has 2 aliphatic carbocycles. The van der Waals surface area contributed by atoms with Crippen LogP contribution in [0.4, 0.5) is 5.82 Å². The molecule has 0 bridgehead atoms. The van der Waals surface area contributed by atoms with Gasteiger partial charge in [0.25, 0.3) is 0 Å². The van der Waals surface area contributed by atoms with E-state index in [0.29, 0.717) is 22.6 Å². The average Bonchev–Trinajstić information content (AvgIpc) is 3.58. The third kappa shape index (κ3) is 4.12. The first-order chi connectivity index (χ1) is 15.6. The average molecular weight is 468 g/mol. The largest absolute Gasteiger partial charge is 0.376 e. The van der Waals surface area contributed by atoms with Gasteiger partial charge in [0.2, 0.25) is 0 Å². The highest BCUT2D eigenvalue weighted by Crippen LogP contribution is 2.45. The number of anilines is 1. The first-order valence-corrected chi connectivity index (χ1v) is 12.2. The topological polar surface area (TPSA) is 47.0 Å². The highest BCUT2D eigenvalue weighted by Gasteiger charge is 2.35. The summed E-state index contributed by atoms with van der Waals surface area (Å²) in [6.45, 7) is 4.85. The molecule has 6 heteroatoms. The summed E-state index contributed by atoms with van der Waals surface area (Å²) in [7, 11) is 0. The minimum atomic E-state index is 0.0581. The van der Waals surface area contributed by atoms with E-state index >= 15 is 0 Å². The number of halogens is 2. The number of hydrogen-bond acceptors (Lipinski definition) is 4. The van der Waals surface area contributed by atoms with Crippen molar-refractivity contribution in [2.75, 3.05) is 11.9 Å². The molecular weight excluding hydrogens is 441 g/mol. The molecular formula is C26H27Cl2N3O. The molecule has 32 heavy (non-hydrogen) atoms. The Bertz CT molecular complexity index is 1150. The van der Waals surface area contributed by atoms with Gasteiger partial charge in [-0.25, -0.2) is 9.97 Å². The third-order valence-corrected chi connectivity index (χ3v) is 6.88. The number of aryl methyl sites for hydroxylation is 1. The summed E-state index contributed by atoms with van der Waals surface area (Å²) < 4.78 is 6.11. The van der Waals surface area contributed by atoms with E-state index in [1.807, 2.05) is 19.1 Å². The first kappa shape index (κ1) is 21.7. The lowest BCUT2D eigenvalue weighted by atomic mass is 10.1. The van der Waals surface area contributed by atoms with E-state index < -0.39 is 0 Å². The Morgan fingerprint density at radius 1 is 1.06 bits per heavy atom. The molecule has 0 radical (unpaired) electrons. The second kappa shape index (κ2) is 9.01. The smallest absolute Gasteiger partial charge is 0.148 e. The zero-order valence-electron chi connectivity index (χ0n) is 18.4. The van der Waals surface area contributed by atoms with Gasteiger partial charge in [0.1, 0.15) is 5.82 Å². The van der Waals surface area contributed by atoms with Gasteiger partial charge < -0.3 is 10.1 Å². The Hall–Kier alpha value is -2.14. The van der Waals surface area contributed by atoms with Crippen LogP contribution in [0.3, 0.4) is 0 Å². The van der Waals surface area contributed by atoms with Crippen molar-refractivity contribution >= 4 is 29.0 Å². The van der Waals surface area contributed by atoms with E-state index in [2.05, 4.69) is 36.5 Å². The second-order valence-electron chi connectivity index (χ2n) is 8.52. The predicted octanol–water partition coefficient (Wildman–Crippen LogP) is 7.00. The molecule has 1 aromatic heterocycles.